The first-order valence-electron chi connectivity index (χ1n) is 8.10. The highest BCUT2D eigenvalue weighted by Crippen LogP contribution is 2.28. The standard InChI is InChI=1S/C18H18ClN3O2/c19-17-6-5-15(9-20-17)24-14-3-1-12(2-4-14)18(23)21-16-11-22-8-7-13(16)10-22/h1-6,9,13,16H,7-8,10-11H2,(H,21,23)/t13-,16?/m0/s1. The number of nitrogens with zero attached hydrogens (tertiary/aromatic N) is 2. The Labute approximate surface area is 145 Å². The van der Waals surface area contributed by atoms with Crippen molar-refractivity contribution < 1.29 is 9.53 Å². The van der Waals surface area contributed by atoms with Gasteiger partial charge in [-0.3, -0.25) is 4.79 Å². The monoisotopic (exact) mass is 343 g/mol. The summed E-state index contributed by atoms with van der Waals surface area (Å²) in [6, 6.07) is 10.8. The van der Waals surface area contributed by atoms with Crippen LogP contribution in [0.2, 0.25) is 5.15 Å². The van der Waals surface area contributed by atoms with Crippen molar-refractivity contribution in [1.29, 1.82) is 0 Å². The van der Waals surface area contributed by atoms with E-state index in [2.05, 4.69) is 15.2 Å². The van der Waals surface area contributed by atoms with Crippen LogP contribution in [0.1, 0.15) is 16.8 Å². The maximum Gasteiger partial charge on any atom is 0.251 e. The van der Waals surface area contributed by atoms with Gasteiger partial charge in [0, 0.05) is 24.7 Å². The summed E-state index contributed by atoms with van der Waals surface area (Å²) in [5.74, 6) is 1.84. The minimum atomic E-state index is -0.0199. The van der Waals surface area contributed by atoms with Gasteiger partial charge in [0.15, 0.2) is 0 Å². The van der Waals surface area contributed by atoms with Gasteiger partial charge >= 0.3 is 0 Å². The molecule has 1 N–H and O–H groups in total. The summed E-state index contributed by atoms with van der Waals surface area (Å²) in [5.41, 5.74) is 0.648. The molecule has 1 aromatic carbocycles. The smallest absolute Gasteiger partial charge is 0.251 e. The molecule has 1 aromatic heterocycles. The van der Waals surface area contributed by atoms with Crippen LogP contribution in [0, 0.1) is 5.92 Å². The van der Waals surface area contributed by atoms with E-state index in [4.69, 9.17) is 16.3 Å². The maximum atomic E-state index is 12.4. The molecule has 24 heavy (non-hydrogen) atoms. The lowest BCUT2D eigenvalue weighted by Gasteiger charge is -2.23. The fraction of sp³-hybridized carbons (Fsp3) is 0.333. The highest BCUT2D eigenvalue weighted by Gasteiger charge is 2.38. The summed E-state index contributed by atoms with van der Waals surface area (Å²) >= 11 is 5.75. The van der Waals surface area contributed by atoms with Crippen molar-refractivity contribution in [1.82, 2.24) is 15.2 Å². The highest BCUT2D eigenvalue weighted by molar-refractivity contribution is 6.29. The zero-order chi connectivity index (χ0) is 16.5. The van der Waals surface area contributed by atoms with E-state index in [1.54, 1.807) is 42.6 Å². The summed E-state index contributed by atoms with van der Waals surface area (Å²) < 4.78 is 5.68. The Morgan fingerprint density at radius 3 is 2.58 bits per heavy atom. The molecule has 4 rings (SSSR count). The van der Waals surface area contributed by atoms with Gasteiger partial charge in [-0.2, -0.15) is 0 Å². The predicted octanol–water partition coefficient (Wildman–Crippen LogP) is 2.96. The predicted molar refractivity (Wildman–Crippen MR) is 91.6 cm³/mol. The van der Waals surface area contributed by atoms with Crippen molar-refractivity contribution in [2.75, 3.05) is 19.6 Å². The SMILES string of the molecule is O=C(NC1CN2CC[C@H]1C2)c1ccc(Oc2ccc(Cl)nc2)cc1. The number of rotatable bonds is 4. The number of hydrogen-bond acceptors (Lipinski definition) is 4. The number of pyridine rings is 1. The number of halogens is 1. The molecule has 0 aliphatic carbocycles. The largest absolute Gasteiger partial charge is 0.456 e. The fourth-order valence-corrected chi connectivity index (χ4v) is 3.54. The van der Waals surface area contributed by atoms with Gasteiger partial charge in [0.25, 0.3) is 5.91 Å². The lowest BCUT2D eigenvalue weighted by molar-refractivity contribution is 0.0924. The van der Waals surface area contributed by atoms with Crippen LogP contribution < -0.4 is 10.1 Å². The second-order valence-electron chi connectivity index (χ2n) is 6.33. The maximum absolute atomic E-state index is 12.4. The molecule has 3 heterocycles. The quantitative estimate of drug-likeness (QED) is 0.867. The first-order valence-corrected chi connectivity index (χ1v) is 8.48. The highest BCUT2D eigenvalue weighted by atomic mass is 35.5. The summed E-state index contributed by atoms with van der Waals surface area (Å²) in [7, 11) is 0. The van der Waals surface area contributed by atoms with Crippen molar-refractivity contribution in [3.8, 4) is 11.5 Å². The van der Waals surface area contributed by atoms with Gasteiger partial charge < -0.3 is 15.0 Å². The summed E-state index contributed by atoms with van der Waals surface area (Å²) in [5, 5.41) is 3.58. The van der Waals surface area contributed by atoms with Crippen molar-refractivity contribution in [3.63, 3.8) is 0 Å². The molecule has 0 saturated carbocycles. The van der Waals surface area contributed by atoms with Crippen LogP contribution in [0.25, 0.3) is 0 Å². The topological polar surface area (TPSA) is 54.5 Å². The number of benzene rings is 1. The van der Waals surface area contributed by atoms with Gasteiger partial charge in [0.05, 0.1) is 6.20 Å². The third kappa shape index (κ3) is 3.23. The van der Waals surface area contributed by atoms with Crippen LogP contribution in [0.3, 0.4) is 0 Å². The van der Waals surface area contributed by atoms with Gasteiger partial charge in [0.1, 0.15) is 16.7 Å². The fourth-order valence-electron chi connectivity index (χ4n) is 3.43. The molecule has 2 fully saturated rings. The van der Waals surface area contributed by atoms with Gasteiger partial charge in [0.2, 0.25) is 0 Å². The number of carbonyl (C=O) groups is 1. The molecule has 2 unspecified atom stereocenters. The van der Waals surface area contributed by atoms with Crippen molar-refractivity contribution in [2.45, 2.75) is 12.5 Å². The van der Waals surface area contributed by atoms with E-state index >= 15 is 0 Å². The number of ether oxygens (including phenoxy) is 1. The first kappa shape index (κ1) is 15.4. The first-order chi connectivity index (χ1) is 11.7. The number of fused-ring (bicyclic) bond motifs is 2. The van der Waals surface area contributed by atoms with Crippen molar-refractivity contribution in [3.05, 3.63) is 53.3 Å². The molecule has 2 saturated heterocycles. The summed E-state index contributed by atoms with van der Waals surface area (Å²) in [6.45, 7) is 3.26. The van der Waals surface area contributed by atoms with E-state index in [1.807, 2.05) is 0 Å². The molecule has 6 heteroatoms. The van der Waals surface area contributed by atoms with Crippen molar-refractivity contribution >= 4 is 17.5 Å². The average molecular weight is 344 g/mol. The second kappa shape index (κ2) is 6.42. The summed E-state index contributed by atoms with van der Waals surface area (Å²) in [6.07, 6.45) is 2.75. The third-order valence-corrected chi connectivity index (χ3v) is 4.93. The van der Waals surface area contributed by atoms with E-state index in [0.717, 1.165) is 13.1 Å². The van der Waals surface area contributed by atoms with Gasteiger partial charge in [-0.15, -0.1) is 0 Å². The minimum Gasteiger partial charge on any atom is -0.456 e. The zero-order valence-corrected chi connectivity index (χ0v) is 13.9. The number of piperidine rings is 1. The lowest BCUT2D eigenvalue weighted by atomic mass is 9.99. The normalized spacial score (nSPS) is 24.8. The van der Waals surface area contributed by atoms with Crippen LogP contribution in [-0.2, 0) is 0 Å². The van der Waals surface area contributed by atoms with E-state index in [9.17, 15) is 4.79 Å². The molecule has 1 amide bonds. The Balaban J connectivity index is 1.38. The van der Waals surface area contributed by atoms with E-state index in [1.165, 1.54) is 13.0 Å². The number of carbonyl (C=O) groups excluding carboxylic acids is 1. The molecule has 0 spiro atoms. The second-order valence-corrected chi connectivity index (χ2v) is 6.72. The lowest BCUT2D eigenvalue weighted by Crippen LogP contribution is -2.43. The number of hydrogen-bond donors (Lipinski definition) is 1. The number of nitrogens with one attached hydrogen (secondary N) is 1. The Hall–Kier alpha value is -2.11. The third-order valence-electron chi connectivity index (χ3n) is 4.70. The molecule has 2 aromatic rings. The number of amides is 1. The Morgan fingerprint density at radius 2 is 1.96 bits per heavy atom. The van der Waals surface area contributed by atoms with Crippen LogP contribution in [0.4, 0.5) is 0 Å². The average Bonchev–Trinajstić information content (AvgIpc) is 3.20. The zero-order valence-electron chi connectivity index (χ0n) is 13.1. The molecule has 0 radical (unpaired) electrons. The molecule has 2 bridgehead atoms. The Morgan fingerprint density at radius 1 is 1.17 bits per heavy atom. The summed E-state index contributed by atoms with van der Waals surface area (Å²) in [4.78, 5) is 18.8. The molecule has 2 aliphatic rings. The van der Waals surface area contributed by atoms with Crippen LogP contribution in [-0.4, -0.2) is 41.5 Å². The molecule has 3 atom stereocenters. The van der Waals surface area contributed by atoms with Crippen molar-refractivity contribution in [2.24, 2.45) is 5.92 Å². The Bertz CT molecular complexity index is 733. The minimum absolute atomic E-state index is 0.0199. The van der Waals surface area contributed by atoms with Crippen LogP contribution in [0.5, 0.6) is 11.5 Å². The molecule has 5 nitrogen and oxygen atoms in total. The van der Waals surface area contributed by atoms with Crippen LogP contribution >= 0.6 is 11.6 Å². The van der Waals surface area contributed by atoms with E-state index in [0.29, 0.717) is 28.1 Å². The molecular formula is C18H18ClN3O2. The Kier molecular flexibility index (Phi) is 4.12. The van der Waals surface area contributed by atoms with Gasteiger partial charge in [-0.25, -0.2) is 4.98 Å². The van der Waals surface area contributed by atoms with Gasteiger partial charge in [-0.1, -0.05) is 11.6 Å². The number of aromatic nitrogens is 1. The van der Waals surface area contributed by atoms with E-state index in [-0.39, 0.29) is 11.9 Å². The molecule has 124 valence electrons. The molecule has 2 aliphatic heterocycles. The van der Waals surface area contributed by atoms with E-state index < -0.39 is 0 Å². The van der Waals surface area contributed by atoms with Crippen LogP contribution in [0.15, 0.2) is 42.6 Å². The molecular weight excluding hydrogens is 326 g/mol. The van der Waals surface area contributed by atoms with Gasteiger partial charge in [-0.05, 0) is 55.3 Å².